The number of carbonyl (C=O) groups excluding carboxylic acids is 3. The van der Waals surface area contributed by atoms with E-state index in [0.29, 0.717) is 34.5 Å². The van der Waals surface area contributed by atoms with Gasteiger partial charge in [0.15, 0.2) is 5.78 Å². The van der Waals surface area contributed by atoms with Crippen molar-refractivity contribution in [3.05, 3.63) is 58.2 Å². The van der Waals surface area contributed by atoms with Gasteiger partial charge in [-0.25, -0.2) is 9.18 Å². The number of Topliss-reactive ketones (excluding diaryl/α,β-unsaturated/α-hetero) is 1. The number of ketones is 1. The van der Waals surface area contributed by atoms with Crippen molar-refractivity contribution < 1.29 is 28.2 Å². The SMILES string of the molecule is COC(=O)C1C(=O)C2=C(CC1C)NC(C)=C(C(=O)OC1CCCCCC1)C2c1cccc(F)c1. The summed E-state index contributed by atoms with van der Waals surface area (Å²) in [6.45, 7) is 3.61. The van der Waals surface area contributed by atoms with Crippen LogP contribution in [0.4, 0.5) is 4.39 Å². The quantitative estimate of drug-likeness (QED) is 0.391. The molecule has 4 rings (SSSR count). The Kier molecular flexibility index (Phi) is 7.19. The van der Waals surface area contributed by atoms with Crippen molar-refractivity contribution in [3.8, 4) is 0 Å². The topological polar surface area (TPSA) is 81.7 Å². The van der Waals surface area contributed by atoms with Crippen molar-refractivity contribution in [3.63, 3.8) is 0 Å². The van der Waals surface area contributed by atoms with E-state index in [-0.39, 0.29) is 12.0 Å². The van der Waals surface area contributed by atoms with Crippen LogP contribution in [0.2, 0.25) is 0 Å². The van der Waals surface area contributed by atoms with Crippen molar-refractivity contribution in [2.75, 3.05) is 7.11 Å². The number of allylic oxidation sites excluding steroid dienone is 3. The van der Waals surface area contributed by atoms with Crippen LogP contribution >= 0.6 is 0 Å². The Bertz CT molecular complexity index is 1050. The summed E-state index contributed by atoms with van der Waals surface area (Å²) >= 11 is 0. The molecule has 1 fully saturated rings. The highest BCUT2D eigenvalue weighted by Crippen LogP contribution is 2.45. The lowest BCUT2D eigenvalue weighted by Gasteiger charge is -2.38. The molecule has 1 aromatic carbocycles. The fourth-order valence-electron chi connectivity index (χ4n) is 5.55. The van der Waals surface area contributed by atoms with Crippen LogP contribution in [0.3, 0.4) is 0 Å². The van der Waals surface area contributed by atoms with Crippen LogP contribution in [0, 0.1) is 17.7 Å². The summed E-state index contributed by atoms with van der Waals surface area (Å²) in [6.07, 6.45) is 6.15. The number of dihydropyridines is 1. The van der Waals surface area contributed by atoms with Gasteiger partial charge < -0.3 is 14.8 Å². The lowest BCUT2D eigenvalue weighted by atomic mass is 9.69. The summed E-state index contributed by atoms with van der Waals surface area (Å²) in [4.78, 5) is 39.7. The van der Waals surface area contributed by atoms with E-state index < -0.39 is 35.4 Å². The van der Waals surface area contributed by atoms with Gasteiger partial charge in [-0.15, -0.1) is 0 Å². The highest BCUT2D eigenvalue weighted by atomic mass is 19.1. The average molecular weight is 470 g/mol. The second kappa shape index (κ2) is 10.1. The summed E-state index contributed by atoms with van der Waals surface area (Å²) in [5.41, 5.74) is 2.34. The third-order valence-electron chi connectivity index (χ3n) is 7.22. The molecule has 0 bridgehead atoms. The van der Waals surface area contributed by atoms with Crippen LogP contribution in [0.15, 0.2) is 46.8 Å². The average Bonchev–Trinajstić information content (AvgIpc) is 3.06. The smallest absolute Gasteiger partial charge is 0.337 e. The Morgan fingerprint density at radius 1 is 1.12 bits per heavy atom. The number of benzene rings is 1. The van der Waals surface area contributed by atoms with Crippen molar-refractivity contribution in [1.82, 2.24) is 5.32 Å². The Morgan fingerprint density at radius 3 is 2.47 bits per heavy atom. The van der Waals surface area contributed by atoms with Gasteiger partial charge in [-0.3, -0.25) is 9.59 Å². The highest BCUT2D eigenvalue weighted by molar-refractivity contribution is 6.12. The standard InChI is InChI=1S/C27H32FNO5/c1-15-13-20-24(25(30)21(15)26(31)33-3)23(17-9-8-10-18(28)14-17)22(16(2)29-20)27(32)34-19-11-6-4-5-7-12-19/h8-10,14-15,19,21,23,29H,4-7,11-13H2,1-3H3. The van der Waals surface area contributed by atoms with Crippen LogP contribution < -0.4 is 5.32 Å². The zero-order chi connectivity index (χ0) is 24.4. The number of rotatable bonds is 4. The number of halogens is 1. The second-order valence-corrected chi connectivity index (χ2v) is 9.61. The molecule has 1 N–H and O–H groups in total. The molecule has 0 radical (unpaired) electrons. The van der Waals surface area contributed by atoms with Gasteiger partial charge in [-0.1, -0.05) is 31.9 Å². The monoisotopic (exact) mass is 469 g/mol. The number of nitrogens with one attached hydrogen (secondary N) is 1. The molecule has 0 saturated heterocycles. The number of ether oxygens (including phenoxy) is 2. The largest absolute Gasteiger partial charge is 0.468 e. The van der Waals surface area contributed by atoms with Crippen LogP contribution in [-0.4, -0.2) is 30.9 Å². The van der Waals surface area contributed by atoms with Gasteiger partial charge in [0.1, 0.15) is 17.8 Å². The van der Waals surface area contributed by atoms with Gasteiger partial charge in [0.25, 0.3) is 0 Å². The first-order valence-corrected chi connectivity index (χ1v) is 12.1. The molecule has 1 aliphatic heterocycles. The van der Waals surface area contributed by atoms with E-state index >= 15 is 0 Å². The van der Waals surface area contributed by atoms with E-state index in [2.05, 4.69) is 5.32 Å². The molecule has 3 atom stereocenters. The Morgan fingerprint density at radius 2 is 1.82 bits per heavy atom. The molecule has 0 aromatic heterocycles. The van der Waals surface area contributed by atoms with Gasteiger partial charge >= 0.3 is 11.9 Å². The molecular weight excluding hydrogens is 437 g/mol. The minimum absolute atomic E-state index is 0.177. The zero-order valence-electron chi connectivity index (χ0n) is 20.0. The maximum atomic E-state index is 14.3. The van der Waals surface area contributed by atoms with Crippen molar-refractivity contribution in [2.24, 2.45) is 11.8 Å². The Labute approximate surface area is 199 Å². The molecule has 0 amide bonds. The van der Waals surface area contributed by atoms with Crippen molar-refractivity contribution in [2.45, 2.75) is 70.8 Å². The predicted molar refractivity (Wildman–Crippen MR) is 124 cm³/mol. The molecule has 0 spiro atoms. The molecule has 182 valence electrons. The van der Waals surface area contributed by atoms with Gasteiger partial charge in [-0.2, -0.15) is 0 Å². The Hall–Kier alpha value is -2.96. The van der Waals surface area contributed by atoms with E-state index in [0.717, 1.165) is 38.5 Å². The van der Waals surface area contributed by atoms with E-state index in [1.807, 2.05) is 6.92 Å². The lowest BCUT2D eigenvalue weighted by Crippen LogP contribution is -2.43. The lowest BCUT2D eigenvalue weighted by molar-refractivity contribution is -0.151. The molecule has 1 heterocycles. The fourth-order valence-corrected chi connectivity index (χ4v) is 5.55. The number of carbonyl (C=O) groups is 3. The van der Waals surface area contributed by atoms with Crippen LogP contribution in [0.1, 0.15) is 70.3 Å². The van der Waals surface area contributed by atoms with E-state index in [1.54, 1.807) is 19.1 Å². The maximum Gasteiger partial charge on any atom is 0.337 e. The summed E-state index contributed by atoms with van der Waals surface area (Å²) in [6, 6.07) is 5.92. The van der Waals surface area contributed by atoms with Gasteiger partial charge in [0, 0.05) is 22.9 Å². The third kappa shape index (κ3) is 4.65. The minimum Gasteiger partial charge on any atom is -0.468 e. The minimum atomic E-state index is -0.973. The summed E-state index contributed by atoms with van der Waals surface area (Å²) in [5, 5.41) is 3.24. The van der Waals surface area contributed by atoms with E-state index in [1.165, 1.54) is 19.2 Å². The molecular formula is C27H32FNO5. The molecule has 7 heteroatoms. The van der Waals surface area contributed by atoms with Crippen LogP contribution in [-0.2, 0) is 23.9 Å². The molecule has 34 heavy (non-hydrogen) atoms. The van der Waals surface area contributed by atoms with Gasteiger partial charge in [0.05, 0.1) is 12.7 Å². The number of hydrogen-bond acceptors (Lipinski definition) is 6. The molecule has 6 nitrogen and oxygen atoms in total. The molecule has 2 aliphatic carbocycles. The Balaban J connectivity index is 1.77. The first-order valence-electron chi connectivity index (χ1n) is 12.1. The first kappa shape index (κ1) is 24.2. The first-order chi connectivity index (χ1) is 16.3. The summed E-state index contributed by atoms with van der Waals surface area (Å²) < 4.78 is 25.1. The third-order valence-corrected chi connectivity index (χ3v) is 7.22. The van der Waals surface area contributed by atoms with E-state index in [4.69, 9.17) is 9.47 Å². The molecule has 1 aromatic rings. The maximum absolute atomic E-state index is 14.3. The number of esters is 2. The van der Waals surface area contributed by atoms with Gasteiger partial charge in [0.2, 0.25) is 0 Å². The summed E-state index contributed by atoms with van der Waals surface area (Å²) in [5.74, 6) is -4.03. The van der Waals surface area contributed by atoms with E-state index in [9.17, 15) is 18.8 Å². The second-order valence-electron chi connectivity index (χ2n) is 9.61. The van der Waals surface area contributed by atoms with Crippen LogP contribution in [0.5, 0.6) is 0 Å². The predicted octanol–water partition coefficient (Wildman–Crippen LogP) is 4.70. The van der Waals surface area contributed by atoms with Crippen molar-refractivity contribution >= 4 is 17.7 Å². The normalized spacial score (nSPS) is 25.9. The highest BCUT2D eigenvalue weighted by Gasteiger charge is 2.47. The summed E-state index contributed by atoms with van der Waals surface area (Å²) in [7, 11) is 1.26. The molecule has 1 saturated carbocycles. The molecule has 3 aliphatic rings. The molecule has 3 unspecified atom stereocenters. The zero-order valence-corrected chi connectivity index (χ0v) is 20.0. The van der Waals surface area contributed by atoms with Crippen molar-refractivity contribution in [1.29, 1.82) is 0 Å². The fraction of sp³-hybridized carbons (Fsp3) is 0.519. The van der Waals surface area contributed by atoms with Gasteiger partial charge in [-0.05, 0) is 62.6 Å². The number of methoxy groups -OCH3 is 1. The van der Waals surface area contributed by atoms with Crippen LogP contribution in [0.25, 0.3) is 0 Å². The number of hydrogen-bond donors (Lipinski definition) is 1.